The van der Waals surface area contributed by atoms with Gasteiger partial charge in [0.25, 0.3) is 5.91 Å². The van der Waals surface area contributed by atoms with Crippen LogP contribution in [-0.4, -0.2) is 92.5 Å². The minimum atomic E-state index is -2.78. The monoisotopic (exact) mass is 574 g/mol. The number of phenols is 1. The summed E-state index contributed by atoms with van der Waals surface area (Å²) in [6.45, 7) is 0.108. The predicted octanol–water partition coefficient (Wildman–Crippen LogP) is 0.522. The molecule has 1 unspecified atom stereocenters. The molecule has 0 aliphatic heterocycles. The van der Waals surface area contributed by atoms with E-state index < -0.39 is 87.0 Å². The van der Waals surface area contributed by atoms with Crippen LogP contribution in [0.2, 0.25) is 0 Å². The zero-order valence-electron chi connectivity index (χ0n) is 22.8. The van der Waals surface area contributed by atoms with Crippen molar-refractivity contribution in [2.24, 2.45) is 17.6 Å². The molecule has 0 radical (unpaired) electrons. The first-order chi connectivity index (χ1) is 19.3. The minimum Gasteiger partial charge on any atom is -0.510 e. The number of benzene rings is 1. The molecular formula is C28H35FN4O8. The van der Waals surface area contributed by atoms with Crippen LogP contribution < -0.4 is 16.4 Å². The number of carbonyl (C=O) groups is 3. The quantitative estimate of drug-likeness (QED) is 0.128. The molecule has 9 N–H and O–H groups in total. The van der Waals surface area contributed by atoms with Crippen molar-refractivity contribution < 1.29 is 44.3 Å². The number of aliphatic hydroxyl groups excluding tert-OH is 3. The van der Waals surface area contributed by atoms with E-state index in [9.17, 15) is 39.9 Å². The summed E-state index contributed by atoms with van der Waals surface area (Å²) in [4.78, 5) is 40.6. The van der Waals surface area contributed by atoms with Crippen molar-refractivity contribution in [1.29, 1.82) is 0 Å². The van der Waals surface area contributed by atoms with Gasteiger partial charge in [-0.05, 0) is 45.7 Å². The number of hydrogen-bond acceptors (Lipinski definition) is 11. The fourth-order valence-electron chi connectivity index (χ4n) is 7.02. The standard InChI is InChI=1S/C28H35FN4O8/c1-33(2)21-14-8-11-7-13-15(29)9-16(32-17(34)10-31-12-5-3-4-6-12)22(35)19(13)23(36)18(11)25(38)28(14,41)26(39)20(24(21)37)27(30)40/h9,11-12,14,17,21,31-32,34-35,37-38,41H,3-8,10H2,1-2H3,(H2,30,40)/t11-,14-,17?,21-,28-/m0/s1. The zero-order chi connectivity index (χ0) is 30.0. The Morgan fingerprint density at radius 1 is 1.22 bits per heavy atom. The number of hydrogen-bond donors (Lipinski definition) is 8. The Labute approximate surface area is 235 Å². The van der Waals surface area contributed by atoms with Crippen LogP contribution in [0.15, 0.2) is 28.7 Å². The third kappa shape index (κ3) is 4.47. The van der Waals surface area contributed by atoms with Gasteiger partial charge in [0, 0.05) is 35.7 Å². The maximum atomic E-state index is 15.4. The Kier molecular flexibility index (Phi) is 7.35. The molecule has 1 amide bonds. The SMILES string of the molecule is CN(C)[C@@H]1C(O)=C(C(N)=O)C(=O)[C@@]2(O)C(O)=C3C(=O)c4c(O)c(NC(O)CNC5CCCC5)cc(F)c4C[C@H]3C[C@@H]12. The van der Waals surface area contributed by atoms with E-state index >= 15 is 4.39 Å². The summed E-state index contributed by atoms with van der Waals surface area (Å²) >= 11 is 0. The zero-order valence-corrected chi connectivity index (χ0v) is 22.8. The van der Waals surface area contributed by atoms with Crippen molar-refractivity contribution in [2.75, 3.05) is 26.0 Å². The summed E-state index contributed by atoms with van der Waals surface area (Å²) in [7, 11) is 3.05. The number of halogens is 1. The molecule has 0 aromatic heterocycles. The number of nitrogens with two attached hydrogens (primary N) is 1. The van der Waals surface area contributed by atoms with E-state index in [0.29, 0.717) is 0 Å². The number of rotatable bonds is 7. The van der Waals surface area contributed by atoms with Gasteiger partial charge in [-0.25, -0.2) is 4.39 Å². The number of likely N-dealkylation sites (N-methyl/N-ethyl adjacent to an activating group) is 1. The van der Waals surface area contributed by atoms with E-state index in [-0.39, 0.29) is 36.7 Å². The lowest BCUT2D eigenvalue weighted by Crippen LogP contribution is -2.63. The number of Topliss-reactive ketones (excluding diaryl/α,β-unsaturated/α-hetero) is 2. The lowest BCUT2D eigenvalue weighted by molar-refractivity contribution is -0.148. The molecule has 1 aromatic carbocycles. The van der Waals surface area contributed by atoms with E-state index in [1.807, 2.05) is 0 Å². The van der Waals surface area contributed by atoms with Crippen LogP contribution in [0.3, 0.4) is 0 Å². The molecule has 0 heterocycles. The number of carbonyl (C=O) groups excluding carboxylic acids is 3. The Morgan fingerprint density at radius 2 is 1.88 bits per heavy atom. The smallest absolute Gasteiger partial charge is 0.255 e. The molecule has 222 valence electrons. The second-order valence-electron chi connectivity index (χ2n) is 11.6. The van der Waals surface area contributed by atoms with Gasteiger partial charge in [0.2, 0.25) is 5.78 Å². The van der Waals surface area contributed by atoms with Gasteiger partial charge in [0.15, 0.2) is 11.4 Å². The average Bonchev–Trinajstić information content (AvgIpc) is 3.41. The number of allylic oxidation sites excluding steroid dienone is 1. The fraction of sp³-hybridized carbons (Fsp3) is 0.536. The van der Waals surface area contributed by atoms with E-state index in [1.54, 1.807) is 0 Å². The molecule has 13 heteroatoms. The van der Waals surface area contributed by atoms with Gasteiger partial charge in [-0.15, -0.1) is 0 Å². The molecule has 5 atom stereocenters. The van der Waals surface area contributed by atoms with Crippen molar-refractivity contribution in [3.8, 4) is 5.75 Å². The minimum absolute atomic E-state index is 0.108. The molecule has 1 aromatic rings. The highest BCUT2D eigenvalue weighted by Crippen LogP contribution is 2.53. The van der Waals surface area contributed by atoms with Crippen LogP contribution in [0.5, 0.6) is 5.75 Å². The molecule has 0 saturated heterocycles. The van der Waals surface area contributed by atoms with Gasteiger partial charge in [-0.3, -0.25) is 19.3 Å². The summed E-state index contributed by atoms with van der Waals surface area (Å²) in [6, 6.07) is 0.0923. The van der Waals surface area contributed by atoms with Gasteiger partial charge in [0.05, 0.1) is 17.3 Å². The van der Waals surface area contributed by atoms with Crippen LogP contribution in [0.25, 0.3) is 0 Å². The summed E-state index contributed by atoms with van der Waals surface area (Å²) in [5.74, 6) is -8.95. The molecule has 1 fully saturated rings. The number of phenolic OH excluding ortho intramolecular Hbond substituents is 1. The van der Waals surface area contributed by atoms with Gasteiger partial charge in [-0.2, -0.15) is 0 Å². The van der Waals surface area contributed by atoms with Crippen molar-refractivity contribution in [2.45, 2.75) is 62.4 Å². The van der Waals surface area contributed by atoms with Crippen molar-refractivity contribution in [3.63, 3.8) is 0 Å². The van der Waals surface area contributed by atoms with Crippen LogP contribution in [0.1, 0.15) is 48.0 Å². The number of fused-ring (bicyclic) bond motifs is 3. The van der Waals surface area contributed by atoms with Gasteiger partial charge in [-0.1, -0.05) is 12.8 Å². The first-order valence-electron chi connectivity index (χ1n) is 13.7. The number of anilines is 1. The highest BCUT2D eigenvalue weighted by molar-refractivity contribution is 6.24. The van der Waals surface area contributed by atoms with Gasteiger partial charge < -0.3 is 41.9 Å². The second-order valence-corrected chi connectivity index (χ2v) is 11.6. The Bertz CT molecular complexity index is 1390. The number of ketones is 2. The number of nitrogens with one attached hydrogen (secondary N) is 2. The largest absolute Gasteiger partial charge is 0.510 e. The van der Waals surface area contributed by atoms with Crippen LogP contribution >= 0.6 is 0 Å². The lowest BCUT2D eigenvalue weighted by Gasteiger charge is -2.50. The molecule has 1 saturated carbocycles. The molecule has 12 nitrogen and oxygen atoms in total. The molecule has 0 bridgehead atoms. The number of nitrogens with zero attached hydrogens (tertiary/aromatic N) is 1. The fourth-order valence-corrected chi connectivity index (χ4v) is 7.02. The average molecular weight is 575 g/mol. The number of primary amides is 1. The number of amides is 1. The third-order valence-electron chi connectivity index (χ3n) is 8.95. The molecule has 4 aliphatic rings. The highest BCUT2D eigenvalue weighted by Gasteiger charge is 2.63. The molecule has 4 aliphatic carbocycles. The first-order valence-corrected chi connectivity index (χ1v) is 13.7. The van der Waals surface area contributed by atoms with Gasteiger partial charge in [0.1, 0.15) is 34.9 Å². The second kappa shape index (κ2) is 10.4. The maximum Gasteiger partial charge on any atom is 0.255 e. The lowest BCUT2D eigenvalue weighted by atomic mass is 9.58. The van der Waals surface area contributed by atoms with E-state index in [1.165, 1.54) is 19.0 Å². The summed E-state index contributed by atoms with van der Waals surface area (Å²) in [5.41, 5.74) is 0.424. The predicted molar refractivity (Wildman–Crippen MR) is 144 cm³/mol. The molecule has 5 rings (SSSR count). The number of aromatic hydroxyl groups is 1. The summed E-state index contributed by atoms with van der Waals surface area (Å²) < 4.78 is 15.4. The van der Waals surface area contributed by atoms with Crippen molar-refractivity contribution >= 4 is 23.2 Å². The molecular weight excluding hydrogens is 539 g/mol. The van der Waals surface area contributed by atoms with Crippen LogP contribution in [0.4, 0.5) is 10.1 Å². The highest BCUT2D eigenvalue weighted by atomic mass is 19.1. The summed E-state index contributed by atoms with van der Waals surface area (Å²) in [6.07, 6.45) is 2.59. The van der Waals surface area contributed by atoms with Crippen LogP contribution in [0, 0.1) is 17.7 Å². The molecule has 41 heavy (non-hydrogen) atoms. The van der Waals surface area contributed by atoms with Gasteiger partial charge >= 0.3 is 0 Å². The Hall–Kier alpha value is -3.52. The Balaban J connectivity index is 1.53. The van der Waals surface area contributed by atoms with E-state index in [4.69, 9.17) is 5.73 Å². The van der Waals surface area contributed by atoms with Crippen molar-refractivity contribution in [1.82, 2.24) is 10.2 Å². The Morgan fingerprint density at radius 3 is 2.49 bits per heavy atom. The number of aliphatic hydroxyl groups is 4. The molecule has 0 spiro atoms. The third-order valence-corrected chi connectivity index (χ3v) is 8.95. The topological polar surface area (TPSA) is 206 Å². The van der Waals surface area contributed by atoms with E-state index in [0.717, 1.165) is 31.7 Å². The van der Waals surface area contributed by atoms with Crippen molar-refractivity contribution in [3.05, 3.63) is 45.7 Å². The summed E-state index contributed by atoms with van der Waals surface area (Å²) in [5, 5.41) is 61.1. The first kappa shape index (κ1) is 29.0. The van der Waals surface area contributed by atoms with Crippen LogP contribution in [-0.2, 0) is 16.0 Å². The van der Waals surface area contributed by atoms with E-state index in [2.05, 4.69) is 10.6 Å². The maximum absolute atomic E-state index is 15.4. The normalized spacial score (nSPS) is 29.0.